The normalized spacial score (nSPS) is 14.8. The van der Waals surface area contributed by atoms with E-state index in [-0.39, 0.29) is 35.5 Å². The number of benzene rings is 1. The summed E-state index contributed by atoms with van der Waals surface area (Å²) in [5, 5.41) is 23.9. The fourth-order valence-corrected chi connectivity index (χ4v) is 3.98. The fraction of sp³-hybridized carbons (Fsp3) is 0.318. The molecule has 182 valence electrons. The SMILES string of the molecule is CCOC(=O)C(C)Oc1c(Br)cc(C2N=C(NC#N)Nc3nc(N)c(C#N)c(N)c32)cc1OCC. The number of pyridine rings is 1. The number of halogens is 1. The van der Waals surface area contributed by atoms with Crippen LogP contribution in [0.1, 0.15) is 43.5 Å². The van der Waals surface area contributed by atoms with Crippen LogP contribution in [0.2, 0.25) is 0 Å². The summed E-state index contributed by atoms with van der Waals surface area (Å²) in [5.41, 5.74) is 13.3. The van der Waals surface area contributed by atoms with Gasteiger partial charge in [-0.2, -0.15) is 10.5 Å². The lowest BCUT2D eigenvalue weighted by molar-refractivity contribution is -0.150. The summed E-state index contributed by atoms with van der Waals surface area (Å²) in [6.45, 7) is 5.62. The summed E-state index contributed by atoms with van der Waals surface area (Å²) in [6, 6.07) is 4.57. The molecule has 1 aliphatic rings. The first-order valence-electron chi connectivity index (χ1n) is 10.5. The van der Waals surface area contributed by atoms with Gasteiger partial charge >= 0.3 is 5.97 Å². The molecule has 0 aliphatic carbocycles. The van der Waals surface area contributed by atoms with Crippen LogP contribution >= 0.6 is 15.9 Å². The van der Waals surface area contributed by atoms with E-state index >= 15 is 0 Å². The van der Waals surface area contributed by atoms with Crippen LogP contribution in [0.15, 0.2) is 21.6 Å². The van der Waals surface area contributed by atoms with Gasteiger partial charge in [-0.15, -0.1) is 0 Å². The molecule has 2 aromatic rings. The standard InChI is InChI=1S/C22H23BrN8O4/c1-4-33-14-7-11(6-13(23)18(14)35-10(3)21(32)34-5-2)17-15-16(26)12(8-24)19(27)30-20(15)31-22(29-17)28-9-25/h6-7,10,17H,4-5H2,1-3H3,(H6,26,27,28,29,30,31). The first kappa shape index (κ1) is 25.4. The molecule has 2 heterocycles. The fourth-order valence-electron chi connectivity index (χ4n) is 3.43. The average molecular weight is 543 g/mol. The number of carbonyl (C=O) groups is 1. The first-order chi connectivity index (χ1) is 16.7. The van der Waals surface area contributed by atoms with Crippen LogP contribution in [0.25, 0.3) is 0 Å². The third kappa shape index (κ3) is 5.15. The topological polar surface area (TPSA) is 194 Å². The van der Waals surface area contributed by atoms with Crippen LogP contribution in [0.5, 0.6) is 11.5 Å². The molecule has 3 rings (SSSR count). The molecule has 0 amide bonds. The zero-order valence-corrected chi connectivity index (χ0v) is 20.8. The number of fused-ring (bicyclic) bond motifs is 1. The third-order valence-electron chi connectivity index (χ3n) is 4.92. The van der Waals surface area contributed by atoms with Crippen LogP contribution in [0, 0.1) is 22.8 Å². The summed E-state index contributed by atoms with van der Waals surface area (Å²) < 4.78 is 17.1. The number of anilines is 3. The number of nitrogens with two attached hydrogens (primary N) is 2. The molecular weight excluding hydrogens is 520 g/mol. The summed E-state index contributed by atoms with van der Waals surface area (Å²) in [6.07, 6.45) is 0.915. The van der Waals surface area contributed by atoms with E-state index in [1.807, 2.05) is 6.07 Å². The molecule has 6 N–H and O–H groups in total. The van der Waals surface area contributed by atoms with Gasteiger partial charge in [0.15, 0.2) is 23.8 Å². The van der Waals surface area contributed by atoms with E-state index in [1.54, 1.807) is 39.1 Å². The highest BCUT2D eigenvalue weighted by atomic mass is 79.9. The van der Waals surface area contributed by atoms with Gasteiger partial charge in [0, 0.05) is 5.56 Å². The van der Waals surface area contributed by atoms with Crippen molar-refractivity contribution in [2.45, 2.75) is 32.9 Å². The van der Waals surface area contributed by atoms with E-state index in [2.05, 4.69) is 36.5 Å². The second kappa shape index (κ2) is 10.8. The number of nitrogen functional groups attached to an aromatic ring is 2. The van der Waals surface area contributed by atoms with Gasteiger partial charge in [-0.3, -0.25) is 5.32 Å². The van der Waals surface area contributed by atoms with Gasteiger partial charge in [-0.1, -0.05) is 0 Å². The van der Waals surface area contributed by atoms with Crippen molar-refractivity contribution >= 4 is 45.2 Å². The lowest BCUT2D eigenvalue weighted by Crippen LogP contribution is -2.32. The number of nitrogens with zero attached hydrogens (tertiary/aromatic N) is 4. The van der Waals surface area contributed by atoms with Crippen LogP contribution < -0.4 is 31.6 Å². The summed E-state index contributed by atoms with van der Waals surface area (Å²) >= 11 is 3.49. The zero-order valence-electron chi connectivity index (χ0n) is 19.2. The lowest BCUT2D eigenvalue weighted by atomic mass is 9.95. The maximum atomic E-state index is 12.1. The average Bonchev–Trinajstić information content (AvgIpc) is 2.81. The predicted octanol–water partition coefficient (Wildman–Crippen LogP) is 2.55. The molecule has 0 bridgehead atoms. The largest absolute Gasteiger partial charge is 0.490 e. The molecule has 2 atom stereocenters. The quantitative estimate of drug-likeness (QED) is 0.228. The molecule has 12 nitrogen and oxygen atoms in total. The molecule has 0 fully saturated rings. The Morgan fingerprint density at radius 3 is 2.69 bits per heavy atom. The molecule has 35 heavy (non-hydrogen) atoms. The molecule has 1 aromatic carbocycles. The van der Waals surface area contributed by atoms with Crippen molar-refractivity contribution in [2.24, 2.45) is 4.99 Å². The summed E-state index contributed by atoms with van der Waals surface area (Å²) in [5.74, 6) is 0.427. The minimum Gasteiger partial charge on any atom is -0.490 e. The molecule has 2 unspecified atom stereocenters. The van der Waals surface area contributed by atoms with Gasteiger partial charge in [0.1, 0.15) is 29.3 Å². The smallest absolute Gasteiger partial charge is 0.347 e. The predicted molar refractivity (Wildman–Crippen MR) is 131 cm³/mol. The Hall–Kier alpha value is -4.23. The zero-order chi connectivity index (χ0) is 25.7. The Bertz CT molecular complexity index is 1270. The molecule has 0 spiro atoms. The Morgan fingerprint density at radius 1 is 1.31 bits per heavy atom. The molecule has 13 heteroatoms. The van der Waals surface area contributed by atoms with Crippen molar-refractivity contribution in [3.8, 4) is 23.8 Å². The van der Waals surface area contributed by atoms with Crippen molar-refractivity contribution in [3.05, 3.63) is 33.3 Å². The number of esters is 1. The third-order valence-corrected chi connectivity index (χ3v) is 5.51. The maximum Gasteiger partial charge on any atom is 0.347 e. The second-order valence-electron chi connectivity index (χ2n) is 7.18. The monoisotopic (exact) mass is 542 g/mol. The number of hydrogen-bond acceptors (Lipinski definition) is 12. The van der Waals surface area contributed by atoms with Crippen molar-refractivity contribution < 1.29 is 19.0 Å². The highest BCUT2D eigenvalue weighted by Crippen LogP contribution is 2.45. The Balaban J connectivity index is 2.16. The van der Waals surface area contributed by atoms with Crippen LogP contribution in [-0.2, 0) is 9.53 Å². The van der Waals surface area contributed by atoms with Gasteiger partial charge in [0.25, 0.3) is 0 Å². The highest BCUT2D eigenvalue weighted by Gasteiger charge is 2.31. The van der Waals surface area contributed by atoms with Crippen LogP contribution in [0.3, 0.4) is 0 Å². The number of nitriles is 2. The van der Waals surface area contributed by atoms with Crippen molar-refractivity contribution in [3.63, 3.8) is 0 Å². The molecule has 1 aliphatic heterocycles. The van der Waals surface area contributed by atoms with Crippen LogP contribution in [0.4, 0.5) is 17.3 Å². The van der Waals surface area contributed by atoms with E-state index < -0.39 is 18.1 Å². The molecule has 0 saturated heterocycles. The van der Waals surface area contributed by atoms with E-state index in [4.69, 9.17) is 30.9 Å². The molecule has 0 radical (unpaired) electrons. The molecule has 1 aromatic heterocycles. The Morgan fingerprint density at radius 2 is 2.06 bits per heavy atom. The van der Waals surface area contributed by atoms with Crippen molar-refractivity contribution in [2.75, 3.05) is 30.0 Å². The summed E-state index contributed by atoms with van der Waals surface area (Å²) in [7, 11) is 0. The molecule has 0 saturated carbocycles. The lowest BCUT2D eigenvalue weighted by Gasteiger charge is -2.27. The molecular formula is C22H23BrN8O4. The van der Waals surface area contributed by atoms with E-state index in [1.165, 1.54) is 0 Å². The minimum atomic E-state index is -0.888. The Labute approximate surface area is 210 Å². The van der Waals surface area contributed by atoms with Gasteiger partial charge in [0.2, 0.25) is 5.96 Å². The number of aliphatic imine (C=N–C) groups is 1. The van der Waals surface area contributed by atoms with Crippen molar-refractivity contribution in [1.29, 1.82) is 10.5 Å². The van der Waals surface area contributed by atoms with Crippen LogP contribution in [-0.4, -0.2) is 36.2 Å². The minimum absolute atomic E-state index is 0.0229. The van der Waals surface area contributed by atoms with E-state index in [9.17, 15) is 10.1 Å². The maximum absolute atomic E-state index is 12.1. The number of carbonyl (C=O) groups excluding carboxylic acids is 1. The van der Waals surface area contributed by atoms with Crippen molar-refractivity contribution in [1.82, 2.24) is 10.3 Å². The highest BCUT2D eigenvalue weighted by molar-refractivity contribution is 9.10. The number of rotatable bonds is 7. The van der Waals surface area contributed by atoms with E-state index in [0.29, 0.717) is 33.7 Å². The first-order valence-corrected chi connectivity index (χ1v) is 11.3. The number of guanidine groups is 1. The number of ether oxygens (including phenoxy) is 3. The van der Waals surface area contributed by atoms with Gasteiger partial charge < -0.3 is 31.0 Å². The number of nitrogens with one attached hydrogen (secondary N) is 2. The van der Waals surface area contributed by atoms with Gasteiger partial charge in [0.05, 0.1) is 23.4 Å². The number of hydrogen-bond donors (Lipinski definition) is 4. The number of aromatic nitrogens is 1. The Kier molecular flexibility index (Phi) is 7.83. The second-order valence-corrected chi connectivity index (χ2v) is 8.03. The van der Waals surface area contributed by atoms with E-state index in [0.717, 1.165) is 0 Å². The van der Waals surface area contributed by atoms with Gasteiger partial charge in [-0.05, 0) is 54.4 Å². The van der Waals surface area contributed by atoms with Gasteiger partial charge in [-0.25, -0.2) is 14.8 Å². The summed E-state index contributed by atoms with van der Waals surface area (Å²) in [4.78, 5) is 20.9.